The summed E-state index contributed by atoms with van der Waals surface area (Å²) in [5, 5.41) is 2.93. The molecule has 120 valence electrons. The Hall–Kier alpha value is -2.03. The zero-order chi connectivity index (χ0) is 16.4. The van der Waals surface area contributed by atoms with E-state index in [1.54, 1.807) is 6.08 Å². The van der Waals surface area contributed by atoms with Crippen LogP contribution in [-0.2, 0) is 4.79 Å². The molecule has 0 aliphatic carbocycles. The number of nitrogens with one attached hydrogen (secondary N) is 1. The lowest BCUT2D eigenvalue weighted by atomic mass is 10.1. The molecule has 1 atom stereocenters. The zero-order valence-electron chi connectivity index (χ0n) is 14.0. The molecule has 1 unspecified atom stereocenters. The van der Waals surface area contributed by atoms with Gasteiger partial charge in [0.15, 0.2) is 0 Å². The number of allylic oxidation sites excluding steroid dienone is 3. The van der Waals surface area contributed by atoms with Crippen LogP contribution in [0.1, 0.15) is 45.7 Å². The number of carbonyl (C=O) groups excluding carboxylic acids is 1. The maximum atomic E-state index is 11.7. The Bertz CT molecular complexity index is 501. The smallest absolute Gasteiger partial charge is 0.244 e. The predicted molar refractivity (Wildman–Crippen MR) is 91.9 cm³/mol. The molecule has 1 aromatic rings. The van der Waals surface area contributed by atoms with Gasteiger partial charge in [-0.2, -0.15) is 0 Å². The molecule has 3 nitrogen and oxygen atoms in total. The average Bonchev–Trinajstić information content (AvgIpc) is 2.47. The second kappa shape index (κ2) is 9.82. The van der Waals surface area contributed by atoms with Gasteiger partial charge in [0.1, 0.15) is 5.75 Å². The van der Waals surface area contributed by atoms with Crippen LogP contribution >= 0.6 is 0 Å². The quantitative estimate of drug-likeness (QED) is 0.570. The summed E-state index contributed by atoms with van der Waals surface area (Å²) in [6, 6.07) is 7.85. The first kappa shape index (κ1) is 18.0. The Morgan fingerprint density at radius 1 is 1.18 bits per heavy atom. The number of benzene rings is 1. The Balaban J connectivity index is 2.49. The molecule has 0 aromatic heterocycles. The van der Waals surface area contributed by atoms with E-state index in [4.69, 9.17) is 4.74 Å². The van der Waals surface area contributed by atoms with Gasteiger partial charge in [-0.05, 0) is 43.9 Å². The summed E-state index contributed by atoms with van der Waals surface area (Å²) in [4.78, 5) is 11.7. The van der Waals surface area contributed by atoms with Crippen molar-refractivity contribution < 1.29 is 9.53 Å². The maximum absolute atomic E-state index is 11.7. The summed E-state index contributed by atoms with van der Waals surface area (Å²) in [6.07, 6.45) is 8.01. The fourth-order valence-corrected chi connectivity index (χ4v) is 1.86. The highest BCUT2D eigenvalue weighted by molar-refractivity contribution is 5.88. The molecule has 0 aliphatic heterocycles. The maximum Gasteiger partial charge on any atom is 0.244 e. The van der Waals surface area contributed by atoms with Gasteiger partial charge in [0.05, 0.1) is 12.6 Å². The molecule has 1 rings (SSSR count). The molecule has 0 saturated carbocycles. The van der Waals surface area contributed by atoms with Crippen molar-refractivity contribution in [1.29, 1.82) is 0 Å². The van der Waals surface area contributed by atoms with Crippen LogP contribution in [0.5, 0.6) is 5.75 Å². The summed E-state index contributed by atoms with van der Waals surface area (Å²) in [5.41, 5.74) is 1.06. The summed E-state index contributed by atoms with van der Waals surface area (Å²) in [5.74, 6) is 1.42. The monoisotopic (exact) mass is 301 g/mol. The average molecular weight is 301 g/mol. The van der Waals surface area contributed by atoms with Gasteiger partial charge in [-0.15, -0.1) is 0 Å². The van der Waals surface area contributed by atoms with E-state index in [0.29, 0.717) is 5.92 Å². The minimum atomic E-state index is -0.0946. The molecular weight excluding hydrogens is 274 g/mol. The first-order valence-electron chi connectivity index (χ1n) is 7.85. The van der Waals surface area contributed by atoms with E-state index in [0.717, 1.165) is 24.3 Å². The third kappa shape index (κ3) is 7.11. The number of rotatable bonds is 8. The first-order chi connectivity index (χ1) is 10.5. The van der Waals surface area contributed by atoms with Crippen molar-refractivity contribution in [3.8, 4) is 5.75 Å². The van der Waals surface area contributed by atoms with Gasteiger partial charge in [0.25, 0.3) is 0 Å². The molecular formula is C19H27NO2. The van der Waals surface area contributed by atoms with Gasteiger partial charge in [0.2, 0.25) is 5.91 Å². The van der Waals surface area contributed by atoms with Crippen molar-refractivity contribution in [2.24, 2.45) is 5.92 Å². The van der Waals surface area contributed by atoms with E-state index in [1.165, 1.54) is 6.08 Å². The third-order valence-corrected chi connectivity index (χ3v) is 3.25. The van der Waals surface area contributed by atoms with Gasteiger partial charge in [-0.25, -0.2) is 0 Å². The topological polar surface area (TPSA) is 38.3 Å². The van der Waals surface area contributed by atoms with E-state index in [-0.39, 0.29) is 11.9 Å². The summed E-state index contributed by atoms with van der Waals surface area (Å²) >= 11 is 0. The van der Waals surface area contributed by atoms with Gasteiger partial charge in [-0.3, -0.25) is 4.79 Å². The fourth-order valence-electron chi connectivity index (χ4n) is 1.86. The summed E-state index contributed by atoms with van der Waals surface area (Å²) in [7, 11) is 0. The molecule has 22 heavy (non-hydrogen) atoms. The Labute approximate surface area is 134 Å². The first-order valence-corrected chi connectivity index (χ1v) is 7.85. The van der Waals surface area contributed by atoms with Crippen molar-refractivity contribution in [3.05, 3.63) is 54.1 Å². The molecule has 1 N–H and O–H groups in total. The van der Waals surface area contributed by atoms with Crippen LogP contribution in [0.4, 0.5) is 0 Å². The molecule has 0 fully saturated rings. The summed E-state index contributed by atoms with van der Waals surface area (Å²) < 4.78 is 5.69. The summed E-state index contributed by atoms with van der Waals surface area (Å²) in [6.45, 7) is 8.98. The van der Waals surface area contributed by atoms with Crippen LogP contribution < -0.4 is 10.1 Å². The molecule has 0 bridgehead atoms. The van der Waals surface area contributed by atoms with Crippen LogP contribution in [0.2, 0.25) is 0 Å². The van der Waals surface area contributed by atoms with E-state index in [9.17, 15) is 4.79 Å². The second-order valence-electron chi connectivity index (χ2n) is 5.72. The number of carbonyl (C=O) groups is 1. The van der Waals surface area contributed by atoms with Gasteiger partial charge >= 0.3 is 0 Å². The minimum Gasteiger partial charge on any atom is -0.494 e. The van der Waals surface area contributed by atoms with Crippen molar-refractivity contribution in [2.45, 2.75) is 40.2 Å². The number of ether oxygens (including phenoxy) is 1. The zero-order valence-corrected chi connectivity index (χ0v) is 14.0. The van der Waals surface area contributed by atoms with Crippen LogP contribution in [0.25, 0.3) is 0 Å². The molecule has 0 radical (unpaired) electrons. The van der Waals surface area contributed by atoms with E-state index < -0.39 is 0 Å². The van der Waals surface area contributed by atoms with Gasteiger partial charge < -0.3 is 10.1 Å². The highest BCUT2D eigenvalue weighted by Crippen LogP contribution is 2.18. The Morgan fingerprint density at radius 2 is 1.86 bits per heavy atom. The molecule has 0 aliphatic rings. The van der Waals surface area contributed by atoms with E-state index in [2.05, 4.69) is 19.2 Å². The van der Waals surface area contributed by atoms with Crippen molar-refractivity contribution >= 4 is 5.91 Å². The fraction of sp³-hybridized carbons (Fsp3) is 0.421. The number of amides is 1. The predicted octanol–water partition coefficient (Wildman–Crippen LogP) is 4.42. The van der Waals surface area contributed by atoms with Crippen LogP contribution in [-0.4, -0.2) is 12.5 Å². The van der Waals surface area contributed by atoms with Crippen LogP contribution in [0.3, 0.4) is 0 Å². The lowest BCUT2D eigenvalue weighted by Crippen LogP contribution is -2.24. The largest absolute Gasteiger partial charge is 0.494 e. The molecule has 1 amide bonds. The van der Waals surface area contributed by atoms with Crippen molar-refractivity contribution in [1.82, 2.24) is 5.32 Å². The third-order valence-electron chi connectivity index (χ3n) is 3.25. The van der Waals surface area contributed by atoms with E-state index in [1.807, 2.05) is 50.3 Å². The second-order valence-corrected chi connectivity index (χ2v) is 5.72. The molecule has 0 saturated heterocycles. The molecule has 1 aromatic carbocycles. The van der Waals surface area contributed by atoms with E-state index >= 15 is 0 Å². The number of hydrogen-bond acceptors (Lipinski definition) is 2. The molecule has 0 heterocycles. The Kier molecular flexibility index (Phi) is 8.05. The van der Waals surface area contributed by atoms with Crippen LogP contribution in [0.15, 0.2) is 48.6 Å². The highest BCUT2D eigenvalue weighted by atomic mass is 16.5. The van der Waals surface area contributed by atoms with Crippen molar-refractivity contribution in [3.63, 3.8) is 0 Å². The van der Waals surface area contributed by atoms with Gasteiger partial charge in [0, 0.05) is 6.08 Å². The molecule has 3 heteroatoms. The van der Waals surface area contributed by atoms with Crippen LogP contribution in [0, 0.1) is 5.92 Å². The SMILES string of the molecule is C/C=C/C=C/C(=O)NC(C)c1ccc(OCCC(C)C)cc1. The van der Waals surface area contributed by atoms with Gasteiger partial charge in [-0.1, -0.05) is 44.2 Å². The lowest BCUT2D eigenvalue weighted by Gasteiger charge is -2.14. The normalized spacial score (nSPS) is 13.0. The lowest BCUT2D eigenvalue weighted by molar-refractivity contribution is -0.117. The highest BCUT2D eigenvalue weighted by Gasteiger charge is 2.07. The number of hydrogen-bond donors (Lipinski definition) is 1. The Morgan fingerprint density at radius 3 is 2.45 bits per heavy atom. The van der Waals surface area contributed by atoms with Crippen molar-refractivity contribution in [2.75, 3.05) is 6.61 Å². The standard InChI is InChI=1S/C19H27NO2/c1-5-6-7-8-19(21)20-16(4)17-9-11-18(12-10-17)22-14-13-15(2)3/h5-12,15-16H,13-14H2,1-4H3,(H,20,21)/b6-5+,8-7+. The molecule has 0 spiro atoms. The minimum absolute atomic E-state index is 0.0347.